The lowest BCUT2D eigenvalue weighted by atomic mass is 10.0. The fourth-order valence-electron chi connectivity index (χ4n) is 3.65. The van der Waals surface area contributed by atoms with Gasteiger partial charge in [-0.3, -0.25) is 9.20 Å². The molecular weight excluding hydrogens is 353 g/mol. The third-order valence-electron chi connectivity index (χ3n) is 5.30. The summed E-state index contributed by atoms with van der Waals surface area (Å²) < 4.78 is 15.2. The SMILES string of the molecule is O=C(NC1(c2ccccc2)CC1)c1nc(-c2ccc(F)cc2)n2ccccc12. The summed E-state index contributed by atoms with van der Waals surface area (Å²) in [5.74, 6) is 0.116. The van der Waals surface area contributed by atoms with Gasteiger partial charge in [0, 0.05) is 11.8 Å². The molecule has 0 radical (unpaired) electrons. The predicted octanol–water partition coefficient (Wildman–Crippen LogP) is 4.56. The normalized spacial score (nSPS) is 14.8. The van der Waals surface area contributed by atoms with E-state index in [1.807, 2.05) is 59.1 Å². The van der Waals surface area contributed by atoms with Crippen LogP contribution in [0, 0.1) is 5.82 Å². The molecule has 2 heterocycles. The molecule has 1 amide bonds. The first kappa shape index (κ1) is 16.7. The van der Waals surface area contributed by atoms with Crippen molar-refractivity contribution in [2.24, 2.45) is 0 Å². The number of nitrogens with zero attached hydrogens (tertiary/aromatic N) is 2. The molecule has 5 rings (SSSR count). The summed E-state index contributed by atoms with van der Waals surface area (Å²) in [6.45, 7) is 0. The number of carbonyl (C=O) groups excluding carboxylic acids is 1. The van der Waals surface area contributed by atoms with Crippen molar-refractivity contribution in [3.63, 3.8) is 0 Å². The molecule has 2 aromatic carbocycles. The highest BCUT2D eigenvalue weighted by molar-refractivity contribution is 6.00. The highest BCUT2D eigenvalue weighted by Gasteiger charge is 2.46. The van der Waals surface area contributed by atoms with Gasteiger partial charge in [-0.25, -0.2) is 9.37 Å². The summed E-state index contributed by atoms with van der Waals surface area (Å²) in [5.41, 5.74) is 2.67. The Kier molecular flexibility index (Phi) is 3.76. The third-order valence-corrected chi connectivity index (χ3v) is 5.30. The summed E-state index contributed by atoms with van der Waals surface area (Å²) in [6, 6.07) is 21.8. The average molecular weight is 371 g/mol. The van der Waals surface area contributed by atoms with E-state index in [1.165, 1.54) is 12.1 Å². The van der Waals surface area contributed by atoms with Gasteiger partial charge in [-0.2, -0.15) is 0 Å². The van der Waals surface area contributed by atoms with Crippen LogP contribution in [0.4, 0.5) is 4.39 Å². The van der Waals surface area contributed by atoms with E-state index < -0.39 is 0 Å². The second-order valence-corrected chi connectivity index (χ2v) is 7.15. The summed E-state index contributed by atoms with van der Waals surface area (Å²) in [6.07, 6.45) is 3.70. The van der Waals surface area contributed by atoms with Crippen molar-refractivity contribution in [1.29, 1.82) is 0 Å². The molecule has 0 spiro atoms. The Bertz CT molecular complexity index is 1160. The Morgan fingerprint density at radius 2 is 1.68 bits per heavy atom. The Morgan fingerprint density at radius 1 is 0.964 bits per heavy atom. The maximum absolute atomic E-state index is 13.3. The molecule has 2 aromatic heterocycles. The Morgan fingerprint density at radius 3 is 2.39 bits per heavy atom. The number of imidazole rings is 1. The van der Waals surface area contributed by atoms with Gasteiger partial charge < -0.3 is 5.32 Å². The lowest BCUT2D eigenvalue weighted by Gasteiger charge is -2.17. The van der Waals surface area contributed by atoms with E-state index in [9.17, 15) is 9.18 Å². The average Bonchev–Trinajstić information content (AvgIpc) is 3.41. The minimum absolute atomic E-state index is 0.196. The highest BCUT2D eigenvalue weighted by atomic mass is 19.1. The molecule has 0 saturated heterocycles. The molecule has 4 nitrogen and oxygen atoms in total. The first-order valence-corrected chi connectivity index (χ1v) is 9.27. The van der Waals surface area contributed by atoms with Crippen LogP contribution in [0.5, 0.6) is 0 Å². The number of hydrogen-bond donors (Lipinski definition) is 1. The van der Waals surface area contributed by atoms with Gasteiger partial charge in [0.1, 0.15) is 11.6 Å². The fourth-order valence-corrected chi connectivity index (χ4v) is 3.65. The fraction of sp³-hybridized carbons (Fsp3) is 0.130. The van der Waals surface area contributed by atoms with Crippen molar-refractivity contribution in [2.75, 3.05) is 0 Å². The molecule has 4 aromatic rings. The summed E-state index contributed by atoms with van der Waals surface area (Å²) >= 11 is 0. The number of nitrogens with one attached hydrogen (secondary N) is 1. The molecule has 138 valence electrons. The molecule has 1 saturated carbocycles. The Labute approximate surface area is 161 Å². The van der Waals surface area contributed by atoms with Crippen LogP contribution in [0.15, 0.2) is 79.0 Å². The number of benzene rings is 2. The molecule has 28 heavy (non-hydrogen) atoms. The zero-order chi connectivity index (χ0) is 19.1. The van der Waals surface area contributed by atoms with Gasteiger partial charge in [-0.15, -0.1) is 0 Å². The maximum atomic E-state index is 13.3. The molecular formula is C23H18FN3O. The molecule has 1 aliphatic rings. The topological polar surface area (TPSA) is 46.4 Å². The molecule has 0 aliphatic heterocycles. The van der Waals surface area contributed by atoms with Crippen LogP contribution in [-0.2, 0) is 5.54 Å². The number of carbonyl (C=O) groups is 1. The number of fused-ring (bicyclic) bond motifs is 1. The smallest absolute Gasteiger partial charge is 0.272 e. The van der Waals surface area contributed by atoms with Gasteiger partial charge in [0.2, 0.25) is 0 Å². The first-order valence-electron chi connectivity index (χ1n) is 9.27. The Hall–Kier alpha value is -3.47. The van der Waals surface area contributed by atoms with Gasteiger partial charge in [-0.05, 0) is 54.8 Å². The third kappa shape index (κ3) is 2.76. The standard InChI is InChI=1S/C23H18FN3O/c24-18-11-9-16(10-12-18)21-25-20(19-8-4-5-15-27(19)21)22(28)26-23(13-14-23)17-6-2-1-3-7-17/h1-12,15H,13-14H2,(H,26,28). The largest absolute Gasteiger partial charge is 0.341 e. The van der Waals surface area contributed by atoms with Gasteiger partial charge in [0.15, 0.2) is 5.69 Å². The summed E-state index contributed by atoms with van der Waals surface area (Å²) in [4.78, 5) is 17.8. The van der Waals surface area contributed by atoms with E-state index >= 15 is 0 Å². The van der Waals surface area contributed by atoms with Crippen LogP contribution >= 0.6 is 0 Å². The first-order chi connectivity index (χ1) is 13.7. The molecule has 1 fully saturated rings. The van der Waals surface area contributed by atoms with Crippen molar-refractivity contribution in [1.82, 2.24) is 14.7 Å². The minimum Gasteiger partial charge on any atom is -0.341 e. The van der Waals surface area contributed by atoms with E-state index in [4.69, 9.17) is 0 Å². The van der Waals surface area contributed by atoms with Crippen LogP contribution in [-0.4, -0.2) is 15.3 Å². The van der Waals surface area contributed by atoms with Crippen molar-refractivity contribution in [3.8, 4) is 11.4 Å². The molecule has 1 N–H and O–H groups in total. The molecule has 5 heteroatoms. The molecule has 1 aliphatic carbocycles. The number of amides is 1. The van der Waals surface area contributed by atoms with E-state index in [0.717, 1.165) is 29.5 Å². The zero-order valence-corrected chi connectivity index (χ0v) is 15.1. The number of halogens is 1. The second kappa shape index (κ2) is 6.30. The molecule has 0 atom stereocenters. The van der Waals surface area contributed by atoms with E-state index in [1.54, 1.807) is 12.1 Å². The van der Waals surface area contributed by atoms with Gasteiger partial charge in [0.25, 0.3) is 5.91 Å². The zero-order valence-electron chi connectivity index (χ0n) is 15.1. The minimum atomic E-state index is -0.306. The summed E-state index contributed by atoms with van der Waals surface area (Å²) in [7, 11) is 0. The maximum Gasteiger partial charge on any atom is 0.272 e. The van der Waals surface area contributed by atoms with E-state index in [2.05, 4.69) is 10.3 Å². The van der Waals surface area contributed by atoms with Crippen LogP contribution in [0.3, 0.4) is 0 Å². The van der Waals surface area contributed by atoms with Gasteiger partial charge in [0.05, 0.1) is 11.1 Å². The highest BCUT2D eigenvalue weighted by Crippen LogP contribution is 2.45. The molecule has 0 unspecified atom stereocenters. The number of pyridine rings is 1. The van der Waals surface area contributed by atoms with Crippen molar-refractivity contribution in [3.05, 3.63) is 96.1 Å². The van der Waals surface area contributed by atoms with Crippen LogP contribution in [0.25, 0.3) is 16.9 Å². The van der Waals surface area contributed by atoms with Crippen molar-refractivity contribution in [2.45, 2.75) is 18.4 Å². The van der Waals surface area contributed by atoms with Gasteiger partial charge >= 0.3 is 0 Å². The lowest BCUT2D eigenvalue weighted by molar-refractivity contribution is 0.0928. The summed E-state index contributed by atoms with van der Waals surface area (Å²) in [5, 5.41) is 3.19. The van der Waals surface area contributed by atoms with E-state index in [0.29, 0.717) is 11.5 Å². The second-order valence-electron chi connectivity index (χ2n) is 7.15. The number of rotatable bonds is 4. The van der Waals surface area contributed by atoms with Crippen LogP contribution in [0.1, 0.15) is 28.9 Å². The van der Waals surface area contributed by atoms with E-state index in [-0.39, 0.29) is 17.3 Å². The predicted molar refractivity (Wildman–Crippen MR) is 105 cm³/mol. The Balaban J connectivity index is 1.54. The van der Waals surface area contributed by atoms with Crippen LogP contribution in [0.2, 0.25) is 0 Å². The van der Waals surface area contributed by atoms with Crippen molar-refractivity contribution >= 4 is 11.4 Å². The number of aromatic nitrogens is 2. The van der Waals surface area contributed by atoms with Crippen molar-refractivity contribution < 1.29 is 9.18 Å². The van der Waals surface area contributed by atoms with Crippen LogP contribution < -0.4 is 5.32 Å². The molecule has 0 bridgehead atoms. The quantitative estimate of drug-likeness (QED) is 0.572. The lowest BCUT2D eigenvalue weighted by Crippen LogP contribution is -2.35. The van der Waals surface area contributed by atoms with Gasteiger partial charge in [-0.1, -0.05) is 36.4 Å². The monoisotopic (exact) mass is 371 g/mol. The number of hydrogen-bond acceptors (Lipinski definition) is 2.